The molecule has 112 valence electrons. The van der Waals surface area contributed by atoms with E-state index in [1.807, 2.05) is 28.1 Å². The summed E-state index contributed by atoms with van der Waals surface area (Å²) >= 11 is 0. The Hall–Kier alpha value is -1.14. The number of quaternary nitrogens is 1. The Balaban J connectivity index is 4.38. The number of carboxylic acid groups (broad SMARTS) is 1. The third-order valence-corrected chi connectivity index (χ3v) is 2.48. The van der Waals surface area contributed by atoms with Crippen LogP contribution >= 0.6 is 0 Å². The summed E-state index contributed by atoms with van der Waals surface area (Å²) in [6.45, 7) is 2.33. The predicted octanol–water partition coefficient (Wildman–Crippen LogP) is 0.630. The van der Waals surface area contributed by atoms with Crippen LogP contribution in [0.3, 0.4) is 0 Å². The molecule has 0 spiro atoms. The van der Waals surface area contributed by atoms with Gasteiger partial charge in [-0.1, -0.05) is 13.3 Å². The number of hydrogen-bond donors (Lipinski definition) is 2. The van der Waals surface area contributed by atoms with Crippen molar-refractivity contribution < 1.29 is 29.0 Å². The molecule has 0 aromatic rings. The van der Waals surface area contributed by atoms with Gasteiger partial charge >= 0.3 is 11.9 Å². The Morgan fingerprint density at radius 2 is 1.79 bits per heavy atom. The van der Waals surface area contributed by atoms with Crippen LogP contribution in [0.5, 0.6) is 0 Å². The smallest absolute Gasteiger partial charge is 0.308 e. The van der Waals surface area contributed by atoms with Crippen LogP contribution in [0.25, 0.3) is 0 Å². The van der Waals surface area contributed by atoms with Crippen LogP contribution in [-0.4, -0.2) is 66.5 Å². The maximum atomic E-state index is 11.6. The lowest BCUT2D eigenvalue weighted by Crippen LogP contribution is -2.44. The van der Waals surface area contributed by atoms with Gasteiger partial charge in [0.05, 0.1) is 40.1 Å². The molecule has 0 bridgehead atoms. The molecule has 0 radical (unpaired) electrons. The number of nitrogens with zero attached hydrogens (tertiary/aromatic N) is 1. The van der Waals surface area contributed by atoms with E-state index in [0.717, 1.165) is 6.42 Å². The van der Waals surface area contributed by atoms with E-state index in [1.165, 1.54) is 0 Å². The highest BCUT2D eigenvalue weighted by molar-refractivity contribution is 5.71. The Labute approximate surface area is 114 Å². The van der Waals surface area contributed by atoms with Gasteiger partial charge in [0, 0.05) is 0 Å². The maximum absolute atomic E-state index is 11.6. The number of carbonyl (C=O) groups excluding carboxylic acids is 1. The summed E-state index contributed by atoms with van der Waals surface area (Å²) in [6.07, 6.45) is -0.363. The molecule has 0 aliphatic heterocycles. The molecule has 0 heterocycles. The molecule has 0 aliphatic rings. The third kappa shape index (κ3) is 10.5. The number of aliphatic hydroxyl groups is 1. The summed E-state index contributed by atoms with van der Waals surface area (Å²) in [6, 6.07) is 0. The van der Waals surface area contributed by atoms with Crippen molar-refractivity contribution >= 4 is 11.9 Å². The van der Waals surface area contributed by atoms with E-state index >= 15 is 0 Å². The Morgan fingerprint density at radius 3 is 2.21 bits per heavy atom. The van der Waals surface area contributed by atoms with E-state index in [4.69, 9.17) is 9.84 Å². The normalized spacial score (nSPS) is 14.8. The van der Waals surface area contributed by atoms with Gasteiger partial charge in [-0.15, -0.1) is 0 Å². The SMILES string of the molecule is CCC[C@H](O)CC(=O)O[C@H](CC(=O)O)C[N+](C)(C)C. The quantitative estimate of drug-likeness (QED) is 0.477. The van der Waals surface area contributed by atoms with E-state index in [2.05, 4.69) is 0 Å². The fraction of sp³-hybridized carbons (Fsp3) is 0.846. The summed E-state index contributed by atoms with van der Waals surface area (Å²) in [5, 5.41) is 18.3. The number of ether oxygens (including phenoxy) is 1. The van der Waals surface area contributed by atoms with E-state index in [9.17, 15) is 14.7 Å². The second-order valence-electron chi connectivity index (χ2n) is 5.83. The van der Waals surface area contributed by atoms with Gasteiger partial charge in [-0.2, -0.15) is 0 Å². The Kier molecular flexibility index (Phi) is 7.63. The van der Waals surface area contributed by atoms with Crippen LogP contribution in [0.15, 0.2) is 0 Å². The standard InChI is InChI=1S/C13H25NO5/c1-5-6-10(15)7-13(18)19-11(8-12(16)17)9-14(2,3)4/h10-11,15H,5-9H2,1-4H3/p+1/t10-,11+/m0/s1. The molecule has 0 rings (SSSR count). The molecule has 19 heavy (non-hydrogen) atoms. The van der Waals surface area contributed by atoms with Crippen molar-refractivity contribution in [3.05, 3.63) is 0 Å². The van der Waals surface area contributed by atoms with Gasteiger partial charge < -0.3 is 19.4 Å². The summed E-state index contributed by atoms with van der Waals surface area (Å²) in [4.78, 5) is 22.4. The fourth-order valence-electron chi connectivity index (χ4n) is 1.81. The molecule has 0 aliphatic carbocycles. The molecule has 0 aromatic heterocycles. The first-order chi connectivity index (χ1) is 8.64. The van der Waals surface area contributed by atoms with Gasteiger partial charge in [0.1, 0.15) is 6.54 Å². The van der Waals surface area contributed by atoms with Crippen LogP contribution in [0, 0.1) is 0 Å². The molecule has 0 aromatic carbocycles. The number of aliphatic hydroxyl groups excluding tert-OH is 1. The fourth-order valence-corrected chi connectivity index (χ4v) is 1.81. The average molecular weight is 276 g/mol. The number of likely N-dealkylation sites (N-methyl/N-ethyl adjacent to an activating group) is 1. The van der Waals surface area contributed by atoms with Crippen LogP contribution in [0.1, 0.15) is 32.6 Å². The van der Waals surface area contributed by atoms with Crippen molar-refractivity contribution in [1.29, 1.82) is 0 Å². The minimum atomic E-state index is -1.000. The summed E-state index contributed by atoms with van der Waals surface area (Å²) in [5.41, 5.74) is 0. The van der Waals surface area contributed by atoms with Gasteiger partial charge in [0.2, 0.25) is 0 Å². The lowest BCUT2D eigenvalue weighted by atomic mass is 10.1. The molecule has 6 nitrogen and oxygen atoms in total. The summed E-state index contributed by atoms with van der Waals surface area (Å²) < 4.78 is 5.66. The molecular weight excluding hydrogens is 250 g/mol. The number of carboxylic acids is 1. The van der Waals surface area contributed by atoms with E-state index in [-0.39, 0.29) is 12.8 Å². The molecule has 0 amide bonds. The second-order valence-corrected chi connectivity index (χ2v) is 5.83. The molecule has 0 saturated heterocycles. The molecule has 6 heteroatoms. The number of hydrogen-bond acceptors (Lipinski definition) is 4. The Morgan fingerprint density at radius 1 is 1.21 bits per heavy atom. The van der Waals surface area contributed by atoms with Crippen molar-refractivity contribution in [2.24, 2.45) is 0 Å². The Bertz CT molecular complexity index is 298. The zero-order valence-electron chi connectivity index (χ0n) is 12.3. The predicted molar refractivity (Wildman–Crippen MR) is 70.6 cm³/mol. The lowest BCUT2D eigenvalue weighted by Gasteiger charge is -2.28. The van der Waals surface area contributed by atoms with Gasteiger partial charge in [0.25, 0.3) is 0 Å². The lowest BCUT2D eigenvalue weighted by molar-refractivity contribution is -0.873. The van der Waals surface area contributed by atoms with Crippen molar-refractivity contribution in [3.8, 4) is 0 Å². The van der Waals surface area contributed by atoms with Crippen LogP contribution in [-0.2, 0) is 14.3 Å². The summed E-state index contributed by atoms with van der Waals surface area (Å²) in [5.74, 6) is -1.54. The monoisotopic (exact) mass is 276 g/mol. The van der Waals surface area contributed by atoms with E-state index in [1.54, 1.807) is 0 Å². The first-order valence-corrected chi connectivity index (χ1v) is 6.53. The van der Waals surface area contributed by atoms with Gasteiger partial charge in [-0.05, 0) is 6.42 Å². The number of carbonyl (C=O) groups is 2. The van der Waals surface area contributed by atoms with Gasteiger partial charge in [-0.25, -0.2) is 0 Å². The minimum absolute atomic E-state index is 0.0822. The van der Waals surface area contributed by atoms with Crippen molar-refractivity contribution in [3.63, 3.8) is 0 Å². The largest absolute Gasteiger partial charge is 0.481 e. The molecule has 2 atom stereocenters. The van der Waals surface area contributed by atoms with Crippen LogP contribution in [0.4, 0.5) is 0 Å². The molecule has 0 fully saturated rings. The highest BCUT2D eigenvalue weighted by Crippen LogP contribution is 2.09. The first kappa shape index (κ1) is 17.9. The molecule has 0 unspecified atom stereocenters. The maximum Gasteiger partial charge on any atom is 0.308 e. The number of rotatable bonds is 9. The zero-order chi connectivity index (χ0) is 15.1. The van der Waals surface area contributed by atoms with Crippen molar-refractivity contribution in [1.82, 2.24) is 0 Å². The van der Waals surface area contributed by atoms with Gasteiger partial charge in [-0.3, -0.25) is 9.59 Å². The molecular formula is C13H26NO5+. The average Bonchev–Trinajstić information content (AvgIpc) is 2.12. The van der Waals surface area contributed by atoms with E-state index < -0.39 is 24.1 Å². The topological polar surface area (TPSA) is 83.8 Å². The molecule has 2 N–H and O–H groups in total. The second kappa shape index (κ2) is 8.12. The zero-order valence-corrected chi connectivity index (χ0v) is 12.3. The molecule has 0 saturated carbocycles. The van der Waals surface area contributed by atoms with E-state index in [0.29, 0.717) is 17.4 Å². The van der Waals surface area contributed by atoms with Crippen molar-refractivity contribution in [2.75, 3.05) is 27.7 Å². The number of aliphatic carboxylic acids is 1. The third-order valence-electron chi connectivity index (χ3n) is 2.48. The van der Waals surface area contributed by atoms with Crippen LogP contribution in [0.2, 0.25) is 0 Å². The minimum Gasteiger partial charge on any atom is -0.481 e. The highest BCUT2D eigenvalue weighted by atomic mass is 16.5. The first-order valence-electron chi connectivity index (χ1n) is 6.53. The number of esters is 1. The van der Waals surface area contributed by atoms with Gasteiger partial charge in [0.15, 0.2) is 6.10 Å². The van der Waals surface area contributed by atoms with Crippen LogP contribution < -0.4 is 0 Å². The summed E-state index contributed by atoms with van der Waals surface area (Å²) in [7, 11) is 5.69. The van der Waals surface area contributed by atoms with Crippen molar-refractivity contribution in [2.45, 2.75) is 44.8 Å². The highest BCUT2D eigenvalue weighted by Gasteiger charge is 2.25.